The lowest BCUT2D eigenvalue weighted by atomic mass is 9.97. The molecule has 152 valence electrons. The largest absolute Gasteiger partial charge is 0.494 e. The first-order valence-corrected chi connectivity index (χ1v) is 11.1. The Kier molecular flexibility index (Phi) is 5.92. The number of amides is 1. The summed E-state index contributed by atoms with van der Waals surface area (Å²) in [6, 6.07) is 11.6. The SMILES string of the molecule is CCOc1ccc2nc(N3CCC[C@@H](C(=O)Nc4cccc(Cl)c4C)C3)sc2c1. The zero-order chi connectivity index (χ0) is 20.4. The number of ether oxygens (including phenoxy) is 1. The van der Waals surface area contributed by atoms with E-state index in [0.29, 0.717) is 18.2 Å². The highest BCUT2D eigenvalue weighted by Crippen LogP contribution is 2.34. The van der Waals surface area contributed by atoms with Crippen LogP contribution in [0.5, 0.6) is 5.75 Å². The predicted molar refractivity (Wildman–Crippen MR) is 121 cm³/mol. The number of carbonyl (C=O) groups excluding carboxylic acids is 1. The minimum atomic E-state index is -0.0758. The molecule has 1 aliphatic heterocycles. The normalized spacial score (nSPS) is 16.8. The summed E-state index contributed by atoms with van der Waals surface area (Å²) < 4.78 is 6.70. The van der Waals surface area contributed by atoms with Crippen molar-refractivity contribution in [3.8, 4) is 5.75 Å². The molecule has 1 aromatic heterocycles. The van der Waals surface area contributed by atoms with E-state index >= 15 is 0 Å². The molecule has 0 spiro atoms. The van der Waals surface area contributed by atoms with E-state index in [1.807, 2.05) is 50.2 Å². The number of thiazole rings is 1. The molecule has 0 bridgehead atoms. The van der Waals surface area contributed by atoms with Gasteiger partial charge in [0, 0.05) is 23.8 Å². The fourth-order valence-corrected chi connectivity index (χ4v) is 4.83. The molecule has 0 radical (unpaired) electrons. The fraction of sp³-hybridized carbons (Fsp3) is 0.364. The van der Waals surface area contributed by atoms with Crippen LogP contribution in [0, 0.1) is 12.8 Å². The standard InChI is InChI=1S/C22H24ClN3O2S/c1-3-28-16-9-10-19-20(12-16)29-22(25-19)26-11-5-6-15(13-26)21(27)24-18-8-4-7-17(23)14(18)2/h4,7-10,12,15H,3,5-6,11,13H2,1-2H3,(H,24,27)/t15-/m1/s1. The first kappa shape index (κ1) is 20.0. The van der Waals surface area contributed by atoms with Crippen LogP contribution in [-0.4, -0.2) is 30.6 Å². The van der Waals surface area contributed by atoms with Gasteiger partial charge in [-0.05, 0) is 62.6 Å². The van der Waals surface area contributed by atoms with Crippen LogP contribution in [0.4, 0.5) is 10.8 Å². The lowest BCUT2D eigenvalue weighted by molar-refractivity contribution is -0.120. The van der Waals surface area contributed by atoms with E-state index in [0.717, 1.165) is 51.7 Å². The summed E-state index contributed by atoms with van der Waals surface area (Å²) in [6.45, 7) is 6.13. The number of nitrogens with one attached hydrogen (secondary N) is 1. The van der Waals surface area contributed by atoms with E-state index in [-0.39, 0.29) is 11.8 Å². The maximum Gasteiger partial charge on any atom is 0.229 e. The molecular formula is C22H24ClN3O2S. The molecule has 1 saturated heterocycles. The van der Waals surface area contributed by atoms with Gasteiger partial charge in [-0.1, -0.05) is 29.0 Å². The van der Waals surface area contributed by atoms with Gasteiger partial charge < -0.3 is 15.0 Å². The summed E-state index contributed by atoms with van der Waals surface area (Å²) in [5, 5.41) is 4.68. The molecule has 2 aromatic carbocycles. The number of nitrogens with zero attached hydrogens (tertiary/aromatic N) is 2. The van der Waals surface area contributed by atoms with Gasteiger partial charge in [0.2, 0.25) is 5.91 Å². The van der Waals surface area contributed by atoms with E-state index in [1.54, 1.807) is 11.3 Å². The molecule has 1 aliphatic rings. The zero-order valence-corrected chi connectivity index (χ0v) is 18.1. The minimum absolute atomic E-state index is 0.0415. The van der Waals surface area contributed by atoms with Gasteiger partial charge in [0.05, 0.1) is 22.7 Å². The van der Waals surface area contributed by atoms with Gasteiger partial charge in [-0.3, -0.25) is 4.79 Å². The molecule has 4 rings (SSSR count). The lowest BCUT2D eigenvalue weighted by Crippen LogP contribution is -2.40. The molecule has 0 aliphatic carbocycles. The topological polar surface area (TPSA) is 54.5 Å². The van der Waals surface area contributed by atoms with Crippen molar-refractivity contribution < 1.29 is 9.53 Å². The molecule has 5 nitrogen and oxygen atoms in total. The van der Waals surface area contributed by atoms with Gasteiger partial charge in [0.15, 0.2) is 5.13 Å². The Balaban J connectivity index is 1.48. The number of anilines is 2. The van der Waals surface area contributed by atoms with E-state index in [1.165, 1.54) is 0 Å². The van der Waals surface area contributed by atoms with Crippen LogP contribution in [0.1, 0.15) is 25.3 Å². The summed E-state index contributed by atoms with van der Waals surface area (Å²) >= 11 is 7.83. The second-order valence-electron chi connectivity index (χ2n) is 7.25. The van der Waals surface area contributed by atoms with Gasteiger partial charge in [-0.25, -0.2) is 4.98 Å². The van der Waals surface area contributed by atoms with Crippen LogP contribution in [0.2, 0.25) is 5.02 Å². The van der Waals surface area contributed by atoms with Gasteiger partial charge in [-0.15, -0.1) is 0 Å². The second-order valence-corrected chi connectivity index (χ2v) is 8.66. The zero-order valence-electron chi connectivity index (χ0n) is 16.6. The molecule has 1 fully saturated rings. The van der Waals surface area contributed by atoms with Crippen molar-refractivity contribution in [1.29, 1.82) is 0 Å². The van der Waals surface area contributed by atoms with Crippen LogP contribution < -0.4 is 15.0 Å². The van der Waals surface area contributed by atoms with Crippen molar-refractivity contribution in [3.63, 3.8) is 0 Å². The van der Waals surface area contributed by atoms with Crippen molar-refractivity contribution in [2.75, 3.05) is 29.9 Å². The minimum Gasteiger partial charge on any atom is -0.494 e. The third kappa shape index (κ3) is 4.33. The Hall–Kier alpha value is -2.31. The number of aromatic nitrogens is 1. The van der Waals surface area contributed by atoms with Crippen molar-refractivity contribution in [1.82, 2.24) is 4.98 Å². The summed E-state index contributed by atoms with van der Waals surface area (Å²) in [6.07, 6.45) is 1.84. The smallest absolute Gasteiger partial charge is 0.229 e. The quantitative estimate of drug-likeness (QED) is 0.580. The van der Waals surface area contributed by atoms with E-state index < -0.39 is 0 Å². The molecule has 0 saturated carbocycles. The van der Waals surface area contributed by atoms with E-state index in [2.05, 4.69) is 10.2 Å². The van der Waals surface area contributed by atoms with Gasteiger partial charge in [0.1, 0.15) is 5.75 Å². The number of rotatable bonds is 5. The van der Waals surface area contributed by atoms with E-state index in [9.17, 15) is 4.79 Å². The molecular weight excluding hydrogens is 406 g/mol. The number of carbonyl (C=O) groups is 1. The molecule has 1 amide bonds. The average molecular weight is 430 g/mol. The predicted octanol–water partition coefficient (Wildman–Crippen LogP) is 5.51. The number of fused-ring (bicyclic) bond motifs is 1. The number of halogens is 1. The Morgan fingerprint density at radius 1 is 1.38 bits per heavy atom. The highest BCUT2D eigenvalue weighted by molar-refractivity contribution is 7.22. The van der Waals surface area contributed by atoms with Gasteiger partial charge >= 0.3 is 0 Å². The van der Waals surface area contributed by atoms with Crippen LogP contribution in [0.3, 0.4) is 0 Å². The summed E-state index contributed by atoms with van der Waals surface area (Å²) in [5.41, 5.74) is 2.64. The molecule has 29 heavy (non-hydrogen) atoms. The number of benzene rings is 2. The Morgan fingerprint density at radius 3 is 3.07 bits per heavy atom. The monoisotopic (exact) mass is 429 g/mol. The van der Waals surface area contributed by atoms with Crippen LogP contribution in [-0.2, 0) is 4.79 Å². The second kappa shape index (κ2) is 8.59. The van der Waals surface area contributed by atoms with Crippen molar-refractivity contribution in [3.05, 3.63) is 47.0 Å². The van der Waals surface area contributed by atoms with Gasteiger partial charge in [0.25, 0.3) is 0 Å². The number of piperidine rings is 1. The highest BCUT2D eigenvalue weighted by atomic mass is 35.5. The average Bonchev–Trinajstić information content (AvgIpc) is 3.15. The Bertz CT molecular complexity index is 1040. The molecule has 7 heteroatoms. The number of hydrogen-bond acceptors (Lipinski definition) is 5. The summed E-state index contributed by atoms with van der Waals surface area (Å²) in [4.78, 5) is 19.9. The first-order chi connectivity index (χ1) is 14.0. The molecule has 1 N–H and O–H groups in total. The highest BCUT2D eigenvalue weighted by Gasteiger charge is 2.28. The van der Waals surface area contributed by atoms with Crippen molar-refractivity contribution in [2.45, 2.75) is 26.7 Å². The third-order valence-electron chi connectivity index (χ3n) is 5.25. The molecule has 3 aromatic rings. The maximum absolute atomic E-state index is 12.9. The molecule has 0 unspecified atom stereocenters. The maximum atomic E-state index is 12.9. The third-order valence-corrected chi connectivity index (χ3v) is 6.74. The van der Waals surface area contributed by atoms with Crippen LogP contribution >= 0.6 is 22.9 Å². The lowest BCUT2D eigenvalue weighted by Gasteiger charge is -2.31. The number of hydrogen-bond donors (Lipinski definition) is 1. The molecule has 2 heterocycles. The molecule has 1 atom stereocenters. The van der Waals surface area contributed by atoms with Crippen molar-refractivity contribution >= 4 is 49.9 Å². The van der Waals surface area contributed by atoms with Crippen LogP contribution in [0.15, 0.2) is 36.4 Å². The Labute approximate surface area is 179 Å². The Morgan fingerprint density at radius 2 is 2.24 bits per heavy atom. The summed E-state index contributed by atoms with van der Waals surface area (Å²) in [7, 11) is 0. The van der Waals surface area contributed by atoms with Crippen LogP contribution in [0.25, 0.3) is 10.2 Å². The first-order valence-electron chi connectivity index (χ1n) is 9.89. The summed E-state index contributed by atoms with van der Waals surface area (Å²) in [5.74, 6) is 0.830. The van der Waals surface area contributed by atoms with Crippen molar-refractivity contribution in [2.24, 2.45) is 5.92 Å². The van der Waals surface area contributed by atoms with Gasteiger partial charge in [-0.2, -0.15) is 0 Å². The fourth-order valence-electron chi connectivity index (χ4n) is 3.63. The van der Waals surface area contributed by atoms with E-state index in [4.69, 9.17) is 21.3 Å².